The van der Waals surface area contributed by atoms with E-state index < -0.39 is 5.91 Å². The van der Waals surface area contributed by atoms with Crippen molar-refractivity contribution in [1.29, 1.82) is 0 Å². The summed E-state index contributed by atoms with van der Waals surface area (Å²) < 4.78 is 1.45. The van der Waals surface area contributed by atoms with Crippen LogP contribution in [0, 0.1) is 6.92 Å². The molecule has 0 aliphatic rings. The molecule has 0 fully saturated rings. The van der Waals surface area contributed by atoms with Gasteiger partial charge in [-0.05, 0) is 19.4 Å². The molecule has 0 bridgehead atoms. The zero-order valence-electron chi connectivity index (χ0n) is 11.4. The van der Waals surface area contributed by atoms with Crippen molar-refractivity contribution in [3.63, 3.8) is 0 Å². The number of aryl methyl sites for hydroxylation is 3. The SMILES string of the molecule is CCc1nn(C)c(C(=O)Nc2nc(C)cc(Cl)n2)c1N. The maximum absolute atomic E-state index is 12.2. The summed E-state index contributed by atoms with van der Waals surface area (Å²) in [6, 6.07) is 1.60. The van der Waals surface area contributed by atoms with Crippen LogP contribution in [0.5, 0.6) is 0 Å². The van der Waals surface area contributed by atoms with Gasteiger partial charge >= 0.3 is 0 Å². The quantitative estimate of drug-likeness (QED) is 0.837. The van der Waals surface area contributed by atoms with E-state index in [2.05, 4.69) is 20.4 Å². The lowest BCUT2D eigenvalue weighted by molar-refractivity contribution is 0.101. The Bertz CT molecular complexity index is 646. The minimum atomic E-state index is -0.418. The Morgan fingerprint density at radius 2 is 2.20 bits per heavy atom. The number of nitrogens with zero attached hydrogens (tertiary/aromatic N) is 4. The summed E-state index contributed by atoms with van der Waals surface area (Å²) in [6.45, 7) is 3.68. The monoisotopic (exact) mass is 294 g/mol. The van der Waals surface area contributed by atoms with Gasteiger partial charge in [0.15, 0.2) is 0 Å². The summed E-state index contributed by atoms with van der Waals surface area (Å²) in [5.41, 5.74) is 7.91. The summed E-state index contributed by atoms with van der Waals surface area (Å²) in [4.78, 5) is 20.3. The summed E-state index contributed by atoms with van der Waals surface area (Å²) in [7, 11) is 1.66. The highest BCUT2D eigenvalue weighted by molar-refractivity contribution is 6.29. The molecule has 0 spiro atoms. The first-order valence-corrected chi connectivity index (χ1v) is 6.44. The van der Waals surface area contributed by atoms with Crippen molar-refractivity contribution in [2.75, 3.05) is 11.1 Å². The van der Waals surface area contributed by atoms with E-state index in [1.54, 1.807) is 20.0 Å². The number of amides is 1. The van der Waals surface area contributed by atoms with Crippen LogP contribution in [-0.2, 0) is 13.5 Å². The molecule has 2 heterocycles. The first-order valence-electron chi connectivity index (χ1n) is 6.06. The smallest absolute Gasteiger partial charge is 0.278 e. The summed E-state index contributed by atoms with van der Waals surface area (Å²) in [5, 5.41) is 7.03. The number of rotatable bonds is 3. The lowest BCUT2D eigenvalue weighted by Crippen LogP contribution is -2.19. The third-order valence-corrected chi connectivity index (χ3v) is 2.95. The number of carbonyl (C=O) groups is 1. The molecule has 8 heteroatoms. The van der Waals surface area contributed by atoms with Crippen LogP contribution in [0.1, 0.15) is 28.8 Å². The molecule has 2 aromatic heterocycles. The highest BCUT2D eigenvalue weighted by Crippen LogP contribution is 2.18. The number of nitrogens with two attached hydrogens (primary N) is 1. The highest BCUT2D eigenvalue weighted by Gasteiger charge is 2.20. The van der Waals surface area contributed by atoms with Gasteiger partial charge in [0.1, 0.15) is 10.8 Å². The molecule has 0 aromatic carbocycles. The number of halogens is 1. The zero-order chi connectivity index (χ0) is 14.9. The van der Waals surface area contributed by atoms with Crippen LogP contribution in [0.25, 0.3) is 0 Å². The Morgan fingerprint density at radius 1 is 1.50 bits per heavy atom. The fraction of sp³-hybridized carbons (Fsp3) is 0.333. The van der Waals surface area contributed by atoms with E-state index in [1.807, 2.05) is 6.92 Å². The molecule has 0 atom stereocenters. The number of hydrogen-bond donors (Lipinski definition) is 2. The van der Waals surface area contributed by atoms with Crippen LogP contribution in [0.15, 0.2) is 6.07 Å². The predicted molar refractivity (Wildman–Crippen MR) is 76.7 cm³/mol. The van der Waals surface area contributed by atoms with Crippen molar-refractivity contribution in [2.24, 2.45) is 7.05 Å². The predicted octanol–water partition coefficient (Wildman–Crippen LogP) is 1.57. The Kier molecular flexibility index (Phi) is 3.89. The molecule has 0 unspecified atom stereocenters. The van der Waals surface area contributed by atoms with Gasteiger partial charge in [0.25, 0.3) is 5.91 Å². The van der Waals surface area contributed by atoms with Gasteiger partial charge in [-0.2, -0.15) is 5.10 Å². The van der Waals surface area contributed by atoms with E-state index in [1.165, 1.54) is 4.68 Å². The van der Waals surface area contributed by atoms with Gasteiger partial charge in [0.2, 0.25) is 5.95 Å². The van der Waals surface area contributed by atoms with Crippen LogP contribution in [0.2, 0.25) is 5.15 Å². The number of aromatic nitrogens is 4. The molecule has 0 aliphatic heterocycles. The molecular formula is C12H15ClN6O. The van der Waals surface area contributed by atoms with Crippen molar-refractivity contribution in [2.45, 2.75) is 20.3 Å². The van der Waals surface area contributed by atoms with Crippen molar-refractivity contribution in [3.05, 3.63) is 28.3 Å². The van der Waals surface area contributed by atoms with Gasteiger partial charge in [-0.3, -0.25) is 14.8 Å². The van der Waals surface area contributed by atoms with E-state index in [0.717, 1.165) is 0 Å². The van der Waals surface area contributed by atoms with E-state index in [0.29, 0.717) is 23.5 Å². The lowest BCUT2D eigenvalue weighted by atomic mass is 10.2. The molecule has 0 aliphatic carbocycles. The largest absolute Gasteiger partial charge is 0.395 e. The van der Waals surface area contributed by atoms with Gasteiger partial charge in [-0.1, -0.05) is 18.5 Å². The molecule has 7 nitrogen and oxygen atoms in total. The Morgan fingerprint density at radius 3 is 2.75 bits per heavy atom. The molecule has 3 N–H and O–H groups in total. The number of nitrogen functional groups attached to an aromatic ring is 1. The van der Waals surface area contributed by atoms with Crippen molar-refractivity contribution in [3.8, 4) is 0 Å². The third kappa shape index (κ3) is 2.72. The second kappa shape index (κ2) is 5.46. The topological polar surface area (TPSA) is 98.7 Å². The van der Waals surface area contributed by atoms with Gasteiger partial charge in [-0.25, -0.2) is 9.97 Å². The Balaban J connectivity index is 2.30. The summed E-state index contributed by atoms with van der Waals surface area (Å²) >= 11 is 5.82. The maximum Gasteiger partial charge on any atom is 0.278 e. The average molecular weight is 295 g/mol. The molecule has 2 aromatic rings. The standard InChI is InChI=1S/C12H15ClN6O/c1-4-7-9(14)10(19(3)18-7)11(20)17-12-15-6(2)5-8(13)16-12/h5H,4,14H2,1-3H3,(H,15,16,17,20). The van der Waals surface area contributed by atoms with Crippen LogP contribution in [-0.4, -0.2) is 25.7 Å². The molecule has 20 heavy (non-hydrogen) atoms. The van der Waals surface area contributed by atoms with Crippen molar-refractivity contribution < 1.29 is 4.79 Å². The van der Waals surface area contributed by atoms with E-state index in [4.69, 9.17) is 17.3 Å². The van der Waals surface area contributed by atoms with Crippen LogP contribution < -0.4 is 11.1 Å². The molecular weight excluding hydrogens is 280 g/mol. The van der Waals surface area contributed by atoms with Crippen LogP contribution in [0.4, 0.5) is 11.6 Å². The second-order valence-corrected chi connectivity index (χ2v) is 4.68. The van der Waals surface area contributed by atoms with Gasteiger partial charge in [0.05, 0.1) is 11.4 Å². The normalized spacial score (nSPS) is 10.6. The summed E-state index contributed by atoms with van der Waals surface area (Å²) in [6.07, 6.45) is 0.653. The maximum atomic E-state index is 12.2. The third-order valence-electron chi connectivity index (χ3n) is 2.76. The molecule has 0 radical (unpaired) electrons. The molecule has 1 amide bonds. The first kappa shape index (κ1) is 14.3. The van der Waals surface area contributed by atoms with Gasteiger partial charge in [0, 0.05) is 12.7 Å². The van der Waals surface area contributed by atoms with E-state index in [-0.39, 0.29) is 16.8 Å². The van der Waals surface area contributed by atoms with Gasteiger partial charge < -0.3 is 5.73 Å². The number of anilines is 2. The average Bonchev–Trinajstić information content (AvgIpc) is 2.62. The molecule has 0 saturated carbocycles. The van der Waals surface area contributed by atoms with E-state index >= 15 is 0 Å². The summed E-state index contributed by atoms with van der Waals surface area (Å²) in [5.74, 6) is -0.280. The number of hydrogen-bond acceptors (Lipinski definition) is 5. The van der Waals surface area contributed by atoms with Crippen LogP contribution >= 0.6 is 11.6 Å². The zero-order valence-corrected chi connectivity index (χ0v) is 12.2. The van der Waals surface area contributed by atoms with E-state index in [9.17, 15) is 4.79 Å². The second-order valence-electron chi connectivity index (χ2n) is 4.30. The lowest BCUT2D eigenvalue weighted by Gasteiger charge is -2.06. The van der Waals surface area contributed by atoms with Crippen molar-refractivity contribution in [1.82, 2.24) is 19.7 Å². The Labute approximate surface area is 121 Å². The fourth-order valence-corrected chi connectivity index (χ4v) is 2.11. The number of nitrogens with one attached hydrogen (secondary N) is 1. The highest BCUT2D eigenvalue weighted by atomic mass is 35.5. The van der Waals surface area contributed by atoms with Crippen LogP contribution in [0.3, 0.4) is 0 Å². The molecule has 0 saturated heterocycles. The molecule has 106 valence electrons. The minimum absolute atomic E-state index is 0.138. The fourth-order valence-electron chi connectivity index (χ4n) is 1.87. The molecule has 2 rings (SSSR count). The minimum Gasteiger partial charge on any atom is -0.395 e. The van der Waals surface area contributed by atoms with Crippen molar-refractivity contribution >= 4 is 29.1 Å². The first-order chi connectivity index (χ1) is 9.42. The Hall–Kier alpha value is -2.15. The number of carbonyl (C=O) groups excluding carboxylic acids is 1. The van der Waals surface area contributed by atoms with Gasteiger partial charge in [-0.15, -0.1) is 0 Å².